The molecule has 2 aromatic rings. The molecule has 27 heavy (non-hydrogen) atoms. The minimum absolute atomic E-state index is 0.0761. The van der Waals surface area contributed by atoms with E-state index in [4.69, 9.17) is 4.74 Å². The van der Waals surface area contributed by atoms with Crippen LogP contribution in [0.1, 0.15) is 12.0 Å². The number of hydrogen-bond donors (Lipinski definition) is 2. The Bertz CT molecular complexity index is 677. The van der Waals surface area contributed by atoms with Crippen molar-refractivity contribution in [1.82, 2.24) is 10.1 Å². The molecule has 0 radical (unpaired) electrons. The van der Waals surface area contributed by atoms with Crippen LogP contribution in [0, 0.1) is 0 Å². The molecular weight excluding hydrogens is 399 g/mol. The molecule has 0 spiro atoms. The van der Waals surface area contributed by atoms with Crippen LogP contribution in [0.5, 0.6) is 0 Å². The highest BCUT2D eigenvalue weighted by atomic mass is 33.1. The van der Waals surface area contributed by atoms with Crippen LogP contribution in [-0.2, 0) is 15.9 Å². The van der Waals surface area contributed by atoms with Gasteiger partial charge in [0.05, 0.1) is 19.8 Å². The van der Waals surface area contributed by atoms with E-state index in [-0.39, 0.29) is 12.8 Å². The Balaban J connectivity index is 1.60. The maximum absolute atomic E-state index is 12.9. The predicted octanol–water partition coefficient (Wildman–Crippen LogP) is 4.29. The lowest BCUT2D eigenvalue weighted by molar-refractivity contribution is 0.135. The highest BCUT2D eigenvalue weighted by Crippen LogP contribution is 2.40. The number of benzene rings is 1. The van der Waals surface area contributed by atoms with Crippen LogP contribution < -0.4 is 5.09 Å². The topological polar surface area (TPSA) is 71.5 Å². The number of aliphatic hydroxyl groups excluding tert-OH is 1. The number of hydrogen-bond acceptors (Lipinski definition) is 6. The molecule has 1 heterocycles. The van der Waals surface area contributed by atoms with Crippen molar-refractivity contribution >= 4 is 28.9 Å². The molecule has 2 N–H and O–H groups in total. The van der Waals surface area contributed by atoms with Crippen molar-refractivity contribution in [3.8, 4) is 0 Å². The first-order valence-corrected chi connectivity index (χ1v) is 13.4. The van der Waals surface area contributed by atoms with E-state index in [9.17, 15) is 9.67 Å². The molecule has 1 unspecified atom stereocenters. The number of ether oxygens (including phenoxy) is 1. The summed E-state index contributed by atoms with van der Waals surface area (Å²) < 4.78 is 18.6. The highest BCUT2D eigenvalue weighted by molar-refractivity contribution is 8.76. The molecule has 148 valence electrons. The molecule has 8 heteroatoms. The Kier molecular flexibility index (Phi) is 11.1. The van der Waals surface area contributed by atoms with Crippen molar-refractivity contribution in [2.45, 2.75) is 18.1 Å². The predicted molar refractivity (Wildman–Crippen MR) is 116 cm³/mol. The summed E-state index contributed by atoms with van der Waals surface area (Å²) in [6.07, 6.45) is 3.42. The van der Waals surface area contributed by atoms with Crippen LogP contribution >= 0.6 is 28.9 Å². The fraction of sp³-hybridized carbons (Fsp3) is 0.421. The van der Waals surface area contributed by atoms with E-state index in [1.54, 1.807) is 27.8 Å². The standard InChI is InChI=1S/C19H27N2O3PS2/c22-12-14-25(23,15-13-24-17-18-7-2-1-3-8-18)21-11-6-16-26-27-19-9-4-5-10-20-19/h1-5,7-10,22H,6,11-17H2,(H,21,23). The number of aromatic nitrogens is 1. The molecule has 5 nitrogen and oxygen atoms in total. The molecule has 1 aromatic heterocycles. The smallest absolute Gasteiger partial charge is 0.152 e. The molecule has 1 aromatic carbocycles. The van der Waals surface area contributed by atoms with Crippen molar-refractivity contribution < 1.29 is 14.4 Å². The second kappa shape index (κ2) is 13.4. The van der Waals surface area contributed by atoms with Crippen LogP contribution in [0.2, 0.25) is 0 Å². The van der Waals surface area contributed by atoms with Crippen LogP contribution in [0.25, 0.3) is 0 Å². The zero-order valence-corrected chi connectivity index (χ0v) is 17.9. The summed E-state index contributed by atoms with van der Waals surface area (Å²) >= 11 is 0. The highest BCUT2D eigenvalue weighted by Gasteiger charge is 2.20. The van der Waals surface area contributed by atoms with E-state index in [2.05, 4.69) is 10.1 Å². The summed E-state index contributed by atoms with van der Waals surface area (Å²) in [4.78, 5) is 4.26. The maximum atomic E-state index is 12.9. The summed E-state index contributed by atoms with van der Waals surface area (Å²) in [5, 5.41) is 13.4. The Morgan fingerprint density at radius 3 is 2.67 bits per heavy atom. The van der Waals surface area contributed by atoms with E-state index >= 15 is 0 Å². The molecule has 0 aliphatic rings. The van der Waals surface area contributed by atoms with E-state index in [0.29, 0.717) is 25.9 Å². The normalized spacial score (nSPS) is 13.4. The van der Waals surface area contributed by atoms with Gasteiger partial charge in [0.2, 0.25) is 0 Å². The number of nitrogens with zero attached hydrogens (tertiary/aromatic N) is 1. The molecule has 0 fully saturated rings. The third-order valence-electron chi connectivity index (χ3n) is 3.76. The largest absolute Gasteiger partial charge is 0.396 e. The second-order valence-corrected chi connectivity index (χ2v) is 11.4. The fourth-order valence-electron chi connectivity index (χ4n) is 2.32. The number of rotatable bonds is 14. The average Bonchev–Trinajstić information content (AvgIpc) is 2.70. The van der Waals surface area contributed by atoms with Gasteiger partial charge in [0.15, 0.2) is 7.29 Å². The third-order valence-corrected chi connectivity index (χ3v) is 8.73. The van der Waals surface area contributed by atoms with Crippen molar-refractivity contribution in [2.75, 3.05) is 37.8 Å². The Morgan fingerprint density at radius 2 is 1.93 bits per heavy atom. The van der Waals surface area contributed by atoms with E-state index < -0.39 is 7.29 Å². The molecule has 0 amide bonds. The molecule has 0 bridgehead atoms. The Labute approximate surface area is 169 Å². The molecule has 2 rings (SSSR count). The van der Waals surface area contributed by atoms with E-state index in [1.807, 2.05) is 48.5 Å². The van der Waals surface area contributed by atoms with Crippen LogP contribution in [-0.4, -0.2) is 47.9 Å². The SMILES string of the molecule is O=P(CCO)(CCOCc1ccccc1)NCCCSSc1ccccn1. The first-order chi connectivity index (χ1) is 13.2. The summed E-state index contributed by atoms with van der Waals surface area (Å²) in [5.41, 5.74) is 1.10. The Hall–Kier alpha value is -0.820. The molecule has 0 aliphatic heterocycles. The lowest BCUT2D eigenvalue weighted by Crippen LogP contribution is -2.20. The minimum atomic E-state index is -2.60. The molecule has 0 aliphatic carbocycles. The zero-order chi connectivity index (χ0) is 19.2. The number of nitrogens with one attached hydrogen (secondary N) is 1. The van der Waals surface area contributed by atoms with Crippen molar-refractivity contribution in [3.05, 3.63) is 60.3 Å². The van der Waals surface area contributed by atoms with Crippen molar-refractivity contribution in [1.29, 1.82) is 0 Å². The van der Waals surface area contributed by atoms with Gasteiger partial charge in [0, 0.05) is 30.8 Å². The van der Waals surface area contributed by atoms with E-state index in [1.165, 1.54) is 0 Å². The molecular formula is C19H27N2O3PS2. The van der Waals surface area contributed by atoms with Gasteiger partial charge in [-0.2, -0.15) is 0 Å². The zero-order valence-electron chi connectivity index (χ0n) is 15.3. The minimum Gasteiger partial charge on any atom is -0.396 e. The van der Waals surface area contributed by atoms with Gasteiger partial charge in [-0.1, -0.05) is 47.2 Å². The second-order valence-electron chi connectivity index (χ2n) is 5.93. The van der Waals surface area contributed by atoms with Crippen LogP contribution in [0.4, 0.5) is 0 Å². The van der Waals surface area contributed by atoms with Crippen molar-refractivity contribution in [2.24, 2.45) is 0 Å². The van der Waals surface area contributed by atoms with Gasteiger partial charge >= 0.3 is 0 Å². The lowest BCUT2D eigenvalue weighted by atomic mass is 10.2. The van der Waals surface area contributed by atoms with Gasteiger partial charge in [0.1, 0.15) is 5.03 Å². The summed E-state index contributed by atoms with van der Waals surface area (Å²) in [5.74, 6) is 0.942. The number of pyridine rings is 1. The Morgan fingerprint density at radius 1 is 1.11 bits per heavy atom. The first kappa shape index (κ1) is 22.5. The van der Waals surface area contributed by atoms with Gasteiger partial charge in [0.25, 0.3) is 0 Å². The quantitative estimate of drug-likeness (QED) is 0.265. The van der Waals surface area contributed by atoms with Crippen LogP contribution in [0.3, 0.4) is 0 Å². The van der Waals surface area contributed by atoms with Gasteiger partial charge in [-0.25, -0.2) is 4.98 Å². The van der Waals surface area contributed by atoms with Crippen molar-refractivity contribution in [3.63, 3.8) is 0 Å². The fourth-order valence-corrected chi connectivity index (χ4v) is 6.14. The monoisotopic (exact) mass is 426 g/mol. The number of aliphatic hydroxyl groups is 1. The van der Waals surface area contributed by atoms with Gasteiger partial charge < -0.3 is 14.4 Å². The maximum Gasteiger partial charge on any atom is 0.152 e. The molecule has 0 saturated heterocycles. The average molecular weight is 427 g/mol. The van der Waals surface area contributed by atoms with E-state index in [0.717, 1.165) is 22.8 Å². The van der Waals surface area contributed by atoms with Crippen LogP contribution in [0.15, 0.2) is 59.8 Å². The third kappa shape index (κ3) is 9.79. The molecule has 1 atom stereocenters. The van der Waals surface area contributed by atoms with Gasteiger partial charge in [-0.3, -0.25) is 5.09 Å². The molecule has 0 saturated carbocycles. The first-order valence-electron chi connectivity index (χ1n) is 8.98. The summed E-state index contributed by atoms with van der Waals surface area (Å²) in [6, 6.07) is 15.8. The summed E-state index contributed by atoms with van der Waals surface area (Å²) in [6.45, 7) is 1.53. The summed E-state index contributed by atoms with van der Waals surface area (Å²) in [7, 11) is 0.791. The van der Waals surface area contributed by atoms with Gasteiger partial charge in [-0.05, 0) is 34.9 Å². The van der Waals surface area contributed by atoms with Gasteiger partial charge in [-0.15, -0.1) is 0 Å². The lowest BCUT2D eigenvalue weighted by Gasteiger charge is -2.19.